The van der Waals surface area contributed by atoms with E-state index in [0.717, 1.165) is 72.7 Å². The van der Waals surface area contributed by atoms with Gasteiger partial charge in [0, 0.05) is 50.2 Å². The van der Waals surface area contributed by atoms with Gasteiger partial charge in [-0.3, -0.25) is 19.4 Å². The minimum Gasteiger partial charge on any atom is -0.497 e. The number of pyridine rings is 2. The van der Waals surface area contributed by atoms with Crippen molar-refractivity contribution in [2.24, 2.45) is 0 Å². The van der Waals surface area contributed by atoms with E-state index in [4.69, 9.17) is 14.5 Å². The van der Waals surface area contributed by atoms with Gasteiger partial charge in [0.1, 0.15) is 18.0 Å². The third-order valence-electron chi connectivity index (χ3n) is 9.37. The fraction of sp³-hybridized carbons (Fsp3) is 0.382. The molecule has 0 radical (unpaired) electrons. The summed E-state index contributed by atoms with van der Waals surface area (Å²) in [7, 11) is 1.66. The first kappa shape index (κ1) is 27.8. The highest BCUT2D eigenvalue weighted by atomic mass is 16.5. The molecule has 3 aliphatic rings. The molecular weight excluding hydrogens is 544 g/mol. The Morgan fingerprint density at radius 3 is 2.44 bits per heavy atom. The second kappa shape index (κ2) is 10.9. The number of cyclic esters (lactones) is 1. The van der Waals surface area contributed by atoms with E-state index in [1.54, 1.807) is 11.7 Å². The zero-order chi connectivity index (χ0) is 29.7. The van der Waals surface area contributed by atoms with E-state index in [9.17, 15) is 14.7 Å². The predicted octanol–water partition coefficient (Wildman–Crippen LogP) is 3.80. The molecule has 2 aromatic heterocycles. The molecule has 1 unspecified atom stereocenters. The Balaban J connectivity index is 1.27. The summed E-state index contributed by atoms with van der Waals surface area (Å²) in [5.41, 5.74) is 4.85. The Kier molecular flexibility index (Phi) is 7.04. The lowest BCUT2D eigenvalue weighted by Gasteiger charge is -2.35. The molecule has 43 heavy (non-hydrogen) atoms. The molecule has 1 saturated heterocycles. The average Bonchev–Trinajstić information content (AvgIpc) is 3.33. The molecule has 0 spiro atoms. The number of ether oxygens (including phenoxy) is 2. The van der Waals surface area contributed by atoms with Crippen LogP contribution in [0.3, 0.4) is 0 Å². The summed E-state index contributed by atoms with van der Waals surface area (Å²) in [5, 5.41) is 12.5. The smallest absolute Gasteiger partial charge is 0.309 e. The molecule has 222 valence electrons. The van der Waals surface area contributed by atoms with Crippen LogP contribution in [0.2, 0.25) is 0 Å². The summed E-state index contributed by atoms with van der Waals surface area (Å²) in [4.78, 5) is 36.3. The zero-order valence-corrected chi connectivity index (χ0v) is 24.6. The number of piperazine rings is 1. The van der Waals surface area contributed by atoms with Gasteiger partial charge in [-0.1, -0.05) is 37.3 Å². The number of benzene rings is 2. The second-order valence-electron chi connectivity index (χ2n) is 11.9. The van der Waals surface area contributed by atoms with Crippen molar-refractivity contribution in [3.05, 3.63) is 92.8 Å². The Labute approximate surface area is 250 Å². The molecule has 3 aliphatic heterocycles. The lowest BCUT2D eigenvalue weighted by molar-refractivity contribution is -0.149. The van der Waals surface area contributed by atoms with Gasteiger partial charge in [-0.2, -0.15) is 0 Å². The molecule has 9 nitrogen and oxygen atoms in total. The fourth-order valence-electron chi connectivity index (χ4n) is 6.82. The van der Waals surface area contributed by atoms with Crippen molar-refractivity contribution in [1.29, 1.82) is 0 Å². The van der Waals surface area contributed by atoms with Gasteiger partial charge >= 0.3 is 5.97 Å². The lowest BCUT2D eigenvalue weighted by atomic mass is 9.85. The van der Waals surface area contributed by atoms with E-state index >= 15 is 0 Å². The summed E-state index contributed by atoms with van der Waals surface area (Å²) in [6.45, 7) is 7.55. The topological polar surface area (TPSA) is 97.1 Å². The Morgan fingerprint density at radius 1 is 0.977 bits per heavy atom. The van der Waals surface area contributed by atoms with Gasteiger partial charge in [-0.25, -0.2) is 4.98 Å². The summed E-state index contributed by atoms with van der Waals surface area (Å²) in [6.07, 6.45) is 0.107. The molecule has 1 fully saturated rings. The normalized spacial score (nSPS) is 20.3. The van der Waals surface area contributed by atoms with Gasteiger partial charge in [0.25, 0.3) is 5.56 Å². The summed E-state index contributed by atoms with van der Waals surface area (Å²) >= 11 is 0. The highest BCUT2D eigenvalue weighted by Gasteiger charge is 2.40. The minimum absolute atomic E-state index is 0.140. The highest BCUT2D eigenvalue weighted by molar-refractivity contribution is 5.89. The highest BCUT2D eigenvalue weighted by Crippen LogP contribution is 2.41. The van der Waals surface area contributed by atoms with Crippen molar-refractivity contribution in [1.82, 2.24) is 19.4 Å². The van der Waals surface area contributed by atoms with Gasteiger partial charge in [0.2, 0.25) is 0 Å². The molecule has 9 heteroatoms. The Hall–Kier alpha value is -4.05. The maximum Gasteiger partial charge on any atom is 0.309 e. The summed E-state index contributed by atoms with van der Waals surface area (Å²) in [6, 6.07) is 18.4. The molecule has 0 bridgehead atoms. The van der Waals surface area contributed by atoms with Crippen molar-refractivity contribution in [3.63, 3.8) is 0 Å². The predicted molar refractivity (Wildman–Crippen MR) is 163 cm³/mol. The number of fused-ring (bicyclic) bond motifs is 5. The van der Waals surface area contributed by atoms with Crippen LogP contribution in [0.5, 0.6) is 5.75 Å². The van der Waals surface area contributed by atoms with Crippen LogP contribution in [0.15, 0.2) is 59.4 Å². The van der Waals surface area contributed by atoms with Gasteiger partial charge in [0.05, 0.1) is 42.5 Å². The molecule has 5 heterocycles. The maximum atomic E-state index is 13.9. The van der Waals surface area contributed by atoms with Crippen LogP contribution in [-0.4, -0.2) is 63.7 Å². The Morgan fingerprint density at radius 2 is 1.72 bits per heavy atom. The second-order valence-corrected chi connectivity index (χ2v) is 11.9. The van der Waals surface area contributed by atoms with Crippen molar-refractivity contribution in [2.75, 3.05) is 33.3 Å². The van der Waals surface area contributed by atoms with Crippen molar-refractivity contribution in [3.8, 4) is 17.1 Å². The lowest BCUT2D eigenvalue weighted by Crippen LogP contribution is -2.45. The van der Waals surface area contributed by atoms with Gasteiger partial charge in [0.15, 0.2) is 0 Å². The molecule has 2 aromatic carbocycles. The number of aromatic nitrogens is 2. The molecule has 1 N–H and O–H groups in total. The monoisotopic (exact) mass is 580 g/mol. The van der Waals surface area contributed by atoms with Crippen LogP contribution in [0.25, 0.3) is 22.3 Å². The first-order chi connectivity index (χ1) is 20.9. The van der Waals surface area contributed by atoms with Crippen LogP contribution in [0.4, 0.5) is 0 Å². The van der Waals surface area contributed by atoms with E-state index < -0.39 is 11.6 Å². The SMILES string of the molecule is CCC1(O)CC(=O)OCc2c1cc1n(c2=O)Cc2c-1nc1ccc(OC)cc1c2CN1CCN(Cc2ccccc2)CC1. The number of rotatable bonds is 6. The third kappa shape index (κ3) is 4.91. The van der Waals surface area contributed by atoms with Crippen molar-refractivity contribution in [2.45, 2.75) is 51.6 Å². The fourth-order valence-corrected chi connectivity index (χ4v) is 6.82. The maximum absolute atomic E-state index is 13.9. The van der Waals surface area contributed by atoms with Crippen LogP contribution < -0.4 is 10.3 Å². The van der Waals surface area contributed by atoms with E-state index in [0.29, 0.717) is 23.4 Å². The quantitative estimate of drug-likeness (QED) is 0.303. The average molecular weight is 581 g/mol. The number of hydrogen-bond donors (Lipinski definition) is 1. The van der Waals surface area contributed by atoms with Crippen LogP contribution in [0.1, 0.15) is 47.6 Å². The van der Waals surface area contributed by atoms with Gasteiger partial charge in [-0.15, -0.1) is 0 Å². The number of nitrogens with zero attached hydrogens (tertiary/aromatic N) is 4. The van der Waals surface area contributed by atoms with Crippen molar-refractivity contribution < 1.29 is 19.4 Å². The van der Waals surface area contributed by atoms with E-state index in [1.807, 2.05) is 31.2 Å². The molecule has 0 aliphatic carbocycles. The number of hydrogen-bond acceptors (Lipinski definition) is 8. The number of carbonyl (C=O) groups excluding carboxylic acids is 1. The first-order valence-electron chi connectivity index (χ1n) is 15.0. The van der Waals surface area contributed by atoms with Crippen LogP contribution in [0, 0.1) is 0 Å². The number of methoxy groups -OCH3 is 1. The van der Waals surface area contributed by atoms with Crippen LogP contribution in [-0.2, 0) is 41.4 Å². The number of carbonyl (C=O) groups is 1. The molecule has 7 rings (SSSR count). The molecule has 1 atom stereocenters. The Bertz CT molecular complexity index is 1780. The summed E-state index contributed by atoms with van der Waals surface area (Å²) in [5.74, 6) is 0.257. The molecule has 0 saturated carbocycles. The summed E-state index contributed by atoms with van der Waals surface area (Å²) < 4.78 is 12.7. The van der Waals surface area contributed by atoms with Crippen LogP contribution >= 0.6 is 0 Å². The zero-order valence-electron chi connectivity index (χ0n) is 24.6. The number of aliphatic hydroxyl groups is 1. The molecule has 0 amide bonds. The van der Waals surface area contributed by atoms with E-state index in [1.165, 1.54) is 5.56 Å². The minimum atomic E-state index is -1.47. The number of esters is 1. The largest absolute Gasteiger partial charge is 0.497 e. The van der Waals surface area contributed by atoms with Gasteiger partial charge < -0.3 is 19.1 Å². The standard InChI is InChI=1S/C34H36N4O5/c1-3-34(41)17-31(39)43-21-27-28(34)16-30-32-26(20-38(30)33(27)40)25(24-15-23(42-2)9-10-29(24)35-32)19-37-13-11-36(12-14-37)18-22-7-5-4-6-8-22/h4-10,15-16,41H,3,11-14,17-21H2,1-2H3. The third-order valence-corrected chi connectivity index (χ3v) is 9.37. The van der Waals surface area contributed by atoms with Gasteiger partial charge in [-0.05, 0) is 47.4 Å². The molecule has 4 aromatic rings. The molecular formula is C34H36N4O5. The first-order valence-corrected chi connectivity index (χ1v) is 15.0. The van der Waals surface area contributed by atoms with E-state index in [2.05, 4.69) is 40.1 Å². The van der Waals surface area contributed by atoms with E-state index in [-0.39, 0.29) is 25.0 Å². The van der Waals surface area contributed by atoms with Crippen molar-refractivity contribution >= 4 is 16.9 Å².